The lowest BCUT2D eigenvalue weighted by atomic mass is 10.4. The third-order valence-corrected chi connectivity index (χ3v) is 10.1. The van der Waals surface area contributed by atoms with Crippen molar-refractivity contribution in [3.8, 4) is 0 Å². The van der Waals surface area contributed by atoms with Crippen molar-refractivity contribution in [3.05, 3.63) is 101 Å². The Kier molecular flexibility index (Phi) is 6.96. The summed E-state index contributed by atoms with van der Waals surface area (Å²) in [7, 11) is -2.40. The lowest BCUT2D eigenvalue weighted by Crippen LogP contribution is -2.38. The number of nitrogens with one attached hydrogen (secondary N) is 1. The zero-order valence-corrected chi connectivity index (χ0v) is 18.3. The molecule has 0 saturated heterocycles. The van der Waals surface area contributed by atoms with Crippen LogP contribution in [0, 0.1) is 0 Å². The molecule has 0 aromatic heterocycles. The Balaban J connectivity index is 2.49. The Hall–Kier alpha value is -2.06. The van der Waals surface area contributed by atoms with Gasteiger partial charge in [0, 0.05) is 6.92 Å². The molecule has 0 atom stereocenters. The standard InChI is InChI=1S/C23H21ClNOPS/c1-18(26)25-23(22(24)28-2)27(19-12-6-3-7-13-19,20-14-8-4-9-15-20)21-16-10-5-11-17-21/h3-17H,1-2H3/p+1/b23-22-. The second kappa shape index (κ2) is 9.43. The molecule has 1 amide bonds. The molecule has 2 nitrogen and oxygen atoms in total. The van der Waals surface area contributed by atoms with Gasteiger partial charge in [-0.15, -0.1) is 11.8 Å². The first-order valence-corrected chi connectivity index (χ1v) is 12.3. The van der Waals surface area contributed by atoms with Crippen LogP contribution in [-0.4, -0.2) is 12.2 Å². The van der Waals surface area contributed by atoms with Crippen molar-refractivity contribution in [3.63, 3.8) is 0 Å². The molecule has 3 aromatic carbocycles. The molecular formula is C23H22ClNOPS+. The highest BCUT2D eigenvalue weighted by molar-refractivity contribution is 8.05. The number of thioether (sulfide) groups is 1. The number of benzene rings is 3. The number of halogens is 1. The predicted octanol–water partition coefficient (Wildman–Crippen LogP) is 4.85. The molecule has 0 aliphatic heterocycles. The van der Waals surface area contributed by atoms with Crippen molar-refractivity contribution in [2.75, 3.05) is 6.26 Å². The van der Waals surface area contributed by atoms with Gasteiger partial charge >= 0.3 is 0 Å². The maximum atomic E-state index is 12.2. The highest BCUT2D eigenvalue weighted by Gasteiger charge is 2.51. The van der Waals surface area contributed by atoms with E-state index in [1.165, 1.54) is 18.7 Å². The summed E-state index contributed by atoms with van der Waals surface area (Å²) >= 11 is 8.21. The Labute approximate surface area is 176 Å². The minimum atomic E-state index is -2.40. The van der Waals surface area contributed by atoms with Crippen molar-refractivity contribution in [1.29, 1.82) is 0 Å². The minimum absolute atomic E-state index is 0.130. The maximum absolute atomic E-state index is 12.2. The molecule has 3 rings (SSSR count). The van der Waals surface area contributed by atoms with Gasteiger partial charge < -0.3 is 0 Å². The first-order valence-electron chi connectivity index (χ1n) is 8.88. The smallest absolute Gasteiger partial charge is 0.223 e. The van der Waals surface area contributed by atoms with Crippen LogP contribution in [0.1, 0.15) is 6.92 Å². The fraction of sp³-hybridized carbons (Fsp3) is 0.0870. The molecule has 28 heavy (non-hydrogen) atoms. The molecule has 0 spiro atoms. The molecule has 0 unspecified atom stereocenters. The van der Waals surface area contributed by atoms with Gasteiger partial charge in [0.2, 0.25) is 11.3 Å². The summed E-state index contributed by atoms with van der Waals surface area (Å²) < 4.78 is 0.597. The third-order valence-electron chi connectivity index (χ3n) is 4.43. The molecular weight excluding hydrogens is 405 g/mol. The van der Waals surface area contributed by atoms with Gasteiger partial charge in [-0.1, -0.05) is 66.2 Å². The first-order chi connectivity index (χ1) is 13.6. The number of rotatable bonds is 6. The molecule has 0 heterocycles. The summed E-state index contributed by atoms with van der Waals surface area (Å²) in [5.41, 5.74) is 0.776. The van der Waals surface area contributed by atoms with Crippen molar-refractivity contribution in [2.45, 2.75) is 6.92 Å². The fourth-order valence-corrected chi connectivity index (χ4v) is 8.79. The number of hydrogen-bond acceptors (Lipinski definition) is 2. The summed E-state index contributed by atoms with van der Waals surface area (Å²) in [6, 6.07) is 31.0. The van der Waals surface area contributed by atoms with E-state index in [0.717, 1.165) is 21.4 Å². The fourth-order valence-electron chi connectivity index (χ4n) is 3.32. The van der Waals surface area contributed by atoms with Crippen LogP contribution in [0.5, 0.6) is 0 Å². The van der Waals surface area contributed by atoms with Crippen molar-refractivity contribution < 1.29 is 4.79 Å². The normalized spacial score (nSPS) is 12.2. The topological polar surface area (TPSA) is 29.1 Å². The molecule has 0 fully saturated rings. The summed E-state index contributed by atoms with van der Waals surface area (Å²) in [5.74, 6) is -0.130. The van der Waals surface area contributed by atoms with Gasteiger partial charge in [-0.05, 0) is 42.7 Å². The monoisotopic (exact) mass is 426 g/mol. The van der Waals surface area contributed by atoms with E-state index in [9.17, 15) is 4.79 Å². The van der Waals surface area contributed by atoms with Gasteiger partial charge in [0.15, 0.2) is 7.26 Å². The van der Waals surface area contributed by atoms with E-state index < -0.39 is 7.26 Å². The Morgan fingerprint density at radius 2 is 1.14 bits per heavy atom. The summed E-state index contributed by atoms with van der Waals surface area (Å²) in [4.78, 5) is 12.2. The summed E-state index contributed by atoms with van der Waals surface area (Å²) in [5, 5.41) is 6.53. The molecule has 0 bridgehead atoms. The van der Waals surface area contributed by atoms with Crippen molar-refractivity contribution in [1.82, 2.24) is 5.32 Å². The second-order valence-electron chi connectivity index (χ2n) is 6.19. The highest BCUT2D eigenvalue weighted by Crippen LogP contribution is 2.63. The van der Waals surface area contributed by atoms with E-state index in [2.05, 4.69) is 41.7 Å². The quantitative estimate of drug-likeness (QED) is 0.571. The molecule has 1 N–H and O–H groups in total. The highest BCUT2D eigenvalue weighted by atomic mass is 35.5. The van der Waals surface area contributed by atoms with Crippen molar-refractivity contribution >= 4 is 52.4 Å². The Morgan fingerprint density at radius 1 is 0.786 bits per heavy atom. The molecule has 0 radical (unpaired) electrons. The van der Waals surface area contributed by atoms with Crippen LogP contribution in [0.2, 0.25) is 0 Å². The molecule has 0 aliphatic carbocycles. The Morgan fingerprint density at radius 3 is 1.43 bits per heavy atom. The SMILES string of the molecule is CS/C(Cl)=C(/NC(C)=O)[P+](c1ccccc1)(c1ccccc1)c1ccccc1. The van der Waals surface area contributed by atoms with Crippen LogP contribution in [-0.2, 0) is 4.79 Å². The predicted molar refractivity (Wildman–Crippen MR) is 125 cm³/mol. The van der Waals surface area contributed by atoms with E-state index >= 15 is 0 Å². The molecule has 5 heteroatoms. The lowest BCUT2D eigenvalue weighted by molar-refractivity contribution is -0.118. The van der Waals surface area contributed by atoms with Gasteiger partial charge in [0.05, 0.1) is 0 Å². The zero-order valence-electron chi connectivity index (χ0n) is 15.8. The molecule has 142 valence electrons. The van der Waals surface area contributed by atoms with Gasteiger partial charge in [0.1, 0.15) is 20.3 Å². The van der Waals surface area contributed by atoms with Gasteiger partial charge in [-0.3, -0.25) is 10.1 Å². The Bertz CT molecular complexity index is 865. The second-order valence-corrected chi connectivity index (χ2v) is 10.9. The van der Waals surface area contributed by atoms with E-state index in [1.54, 1.807) is 0 Å². The average Bonchev–Trinajstić information content (AvgIpc) is 2.75. The van der Waals surface area contributed by atoms with Gasteiger partial charge in [-0.2, -0.15) is 0 Å². The van der Waals surface area contributed by atoms with Crippen LogP contribution in [0.15, 0.2) is 101 Å². The van der Waals surface area contributed by atoms with Crippen LogP contribution < -0.4 is 21.2 Å². The maximum Gasteiger partial charge on any atom is 0.223 e. The largest absolute Gasteiger partial charge is 0.295 e. The van der Waals surface area contributed by atoms with E-state index in [1.807, 2.05) is 60.9 Å². The molecule has 3 aromatic rings. The third kappa shape index (κ3) is 4.03. The minimum Gasteiger partial charge on any atom is -0.295 e. The number of amides is 1. The van der Waals surface area contributed by atoms with Gasteiger partial charge in [-0.25, -0.2) is 0 Å². The van der Waals surface area contributed by atoms with E-state index in [4.69, 9.17) is 11.6 Å². The van der Waals surface area contributed by atoms with Crippen LogP contribution in [0.4, 0.5) is 0 Å². The lowest BCUT2D eigenvalue weighted by Gasteiger charge is -2.29. The molecule has 0 saturated carbocycles. The van der Waals surface area contributed by atoms with Crippen LogP contribution in [0.3, 0.4) is 0 Å². The first kappa shape index (κ1) is 20.7. The van der Waals surface area contributed by atoms with Crippen LogP contribution in [0.25, 0.3) is 0 Å². The van der Waals surface area contributed by atoms with E-state index in [-0.39, 0.29) is 5.91 Å². The van der Waals surface area contributed by atoms with Crippen LogP contribution >= 0.6 is 30.6 Å². The summed E-state index contributed by atoms with van der Waals surface area (Å²) in [6.07, 6.45) is 1.93. The van der Waals surface area contributed by atoms with Gasteiger partial charge in [0.25, 0.3) is 0 Å². The number of carbonyl (C=O) groups excluding carboxylic acids is 1. The summed E-state index contributed by atoms with van der Waals surface area (Å²) in [6.45, 7) is 1.53. The average molecular weight is 427 g/mol. The number of hydrogen-bond donors (Lipinski definition) is 1. The molecule has 0 aliphatic rings. The van der Waals surface area contributed by atoms with Crippen molar-refractivity contribution in [2.24, 2.45) is 0 Å². The van der Waals surface area contributed by atoms with E-state index in [0.29, 0.717) is 4.36 Å². The number of carbonyl (C=O) groups is 1. The zero-order chi connectivity index (χ0) is 20.0.